The molecule has 17 heavy (non-hydrogen) atoms. The van der Waals surface area contributed by atoms with Gasteiger partial charge >= 0.3 is 11.8 Å². The molecule has 1 aliphatic heterocycles. The van der Waals surface area contributed by atoms with Crippen LogP contribution in [0.4, 0.5) is 0 Å². The Kier molecular flexibility index (Phi) is 5.37. The molecule has 1 aliphatic rings. The van der Waals surface area contributed by atoms with E-state index in [1.165, 1.54) is 0 Å². The predicted molar refractivity (Wildman–Crippen MR) is 63.2 cm³/mol. The summed E-state index contributed by atoms with van der Waals surface area (Å²) >= 11 is 0. The van der Waals surface area contributed by atoms with Crippen LogP contribution >= 0.6 is 0 Å². The van der Waals surface area contributed by atoms with Gasteiger partial charge in [-0.05, 0) is 12.3 Å². The number of likely N-dealkylation sites (tertiary alicyclic amines) is 1. The quantitative estimate of drug-likeness (QED) is 0.619. The number of methoxy groups -OCH3 is 1. The Bertz CT molecular complexity index is 283. The van der Waals surface area contributed by atoms with Gasteiger partial charge in [0.1, 0.15) is 0 Å². The van der Waals surface area contributed by atoms with Crippen molar-refractivity contribution in [3.05, 3.63) is 0 Å². The average molecular weight is 243 g/mol. The molecule has 0 bridgehead atoms. The number of amides is 2. The molecule has 2 atom stereocenters. The molecule has 0 spiro atoms. The maximum Gasteiger partial charge on any atom is 0.311 e. The molecule has 6 heteroatoms. The number of nitrogens with two attached hydrogens (primary N) is 1. The molecule has 3 N–H and O–H groups in total. The molecule has 0 aromatic carbocycles. The fourth-order valence-corrected chi connectivity index (χ4v) is 1.93. The van der Waals surface area contributed by atoms with Crippen molar-refractivity contribution in [2.45, 2.75) is 19.4 Å². The molecule has 1 rings (SSSR count). The zero-order valence-corrected chi connectivity index (χ0v) is 10.4. The topological polar surface area (TPSA) is 84.7 Å². The summed E-state index contributed by atoms with van der Waals surface area (Å²) < 4.78 is 5.30. The van der Waals surface area contributed by atoms with E-state index < -0.39 is 11.8 Å². The van der Waals surface area contributed by atoms with E-state index in [1.54, 1.807) is 12.0 Å². The smallest absolute Gasteiger partial charge is 0.311 e. The van der Waals surface area contributed by atoms with Gasteiger partial charge in [-0.2, -0.15) is 0 Å². The number of hydrogen-bond donors (Lipinski definition) is 2. The van der Waals surface area contributed by atoms with Gasteiger partial charge in [0.2, 0.25) is 0 Å². The summed E-state index contributed by atoms with van der Waals surface area (Å²) in [6.07, 6.45) is 0.865. The lowest BCUT2D eigenvalue weighted by atomic mass is 9.96. The summed E-state index contributed by atoms with van der Waals surface area (Å²) in [4.78, 5) is 24.8. The van der Waals surface area contributed by atoms with Crippen molar-refractivity contribution >= 4 is 11.8 Å². The molecular formula is C11H21N3O3. The molecule has 2 unspecified atom stereocenters. The Labute approximate surface area is 101 Å². The van der Waals surface area contributed by atoms with Crippen LogP contribution in [0.25, 0.3) is 0 Å². The van der Waals surface area contributed by atoms with E-state index in [0.717, 1.165) is 6.42 Å². The summed E-state index contributed by atoms with van der Waals surface area (Å²) in [6.45, 7) is 3.83. The first-order valence-electron chi connectivity index (χ1n) is 5.90. The molecule has 0 aromatic heterocycles. The third-order valence-corrected chi connectivity index (χ3v) is 3.10. The van der Waals surface area contributed by atoms with E-state index >= 15 is 0 Å². The van der Waals surface area contributed by atoms with Crippen LogP contribution in [0.5, 0.6) is 0 Å². The summed E-state index contributed by atoms with van der Waals surface area (Å²) in [5.41, 5.74) is 5.26. The van der Waals surface area contributed by atoms with Crippen LogP contribution in [-0.2, 0) is 14.3 Å². The van der Waals surface area contributed by atoms with Crippen molar-refractivity contribution < 1.29 is 14.3 Å². The van der Waals surface area contributed by atoms with Gasteiger partial charge in [0.15, 0.2) is 0 Å². The summed E-state index contributed by atoms with van der Waals surface area (Å²) in [5, 5.41) is 2.48. The van der Waals surface area contributed by atoms with Gasteiger partial charge in [-0.3, -0.25) is 9.59 Å². The normalized spacial score (nSPS) is 24.5. The number of carbonyl (C=O) groups is 2. The maximum atomic E-state index is 11.8. The minimum atomic E-state index is -0.583. The van der Waals surface area contributed by atoms with Crippen molar-refractivity contribution in [1.82, 2.24) is 10.2 Å². The van der Waals surface area contributed by atoms with Crippen LogP contribution < -0.4 is 11.1 Å². The lowest BCUT2D eigenvalue weighted by Crippen LogP contribution is -2.51. The standard InChI is InChI=1S/C11H21N3O3/c1-8-3-6-14(7-9(8)17-2)11(16)10(15)13-5-4-12/h8-9H,3-7,12H2,1-2H3,(H,13,15). The molecule has 2 amide bonds. The fourth-order valence-electron chi connectivity index (χ4n) is 1.93. The Morgan fingerprint density at radius 1 is 1.53 bits per heavy atom. The van der Waals surface area contributed by atoms with Gasteiger partial charge in [0.05, 0.1) is 6.10 Å². The molecule has 1 heterocycles. The van der Waals surface area contributed by atoms with E-state index in [1.807, 2.05) is 0 Å². The summed E-state index contributed by atoms with van der Waals surface area (Å²) in [5.74, 6) is -0.664. The van der Waals surface area contributed by atoms with Crippen molar-refractivity contribution in [3.63, 3.8) is 0 Å². The zero-order chi connectivity index (χ0) is 12.8. The highest BCUT2D eigenvalue weighted by Gasteiger charge is 2.31. The predicted octanol–water partition coefficient (Wildman–Crippen LogP) is -1.06. The van der Waals surface area contributed by atoms with Crippen LogP contribution in [0.15, 0.2) is 0 Å². The second-order valence-corrected chi connectivity index (χ2v) is 4.34. The van der Waals surface area contributed by atoms with Crippen LogP contribution in [0.1, 0.15) is 13.3 Å². The highest BCUT2D eigenvalue weighted by Crippen LogP contribution is 2.19. The van der Waals surface area contributed by atoms with Crippen molar-refractivity contribution in [3.8, 4) is 0 Å². The molecule has 0 saturated carbocycles. The number of nitrogens with zero attached hydrogens (tertiary/aromatic N) is 1. The first-order chi connectivity index (χ1) is 8.10. The van der Waals surface area contributed by atoms with Crippen molar-refractivity contribution in [1.29, 1.82) is 0 Å². The van der Waals surface area contributed by atoms with Crippen LogP contribution in [0.3, 0.4) is 0 Å². The first kappa shape index (κ1) is 13.9. The molecule has 1 fully saturated rings. The van der Waals surface area contributed by atoms with Crippen LogP contribution in [-0.4, -0.2) is 56.1 Å². The average Bonchev–Trinajstić information content (AvgIpc) is 2.35. The Balaban J connectivity index is 2.49. The SMILES string of the molecule is COC1CN(C(=O)C(=O)NCCN)CCC1C. The number of ether oxygens (including phenoxy) is 1. The number of carbonyl (C=O) groups excluding carboxylic acids is 2. The van der Waals surface area contributed by atoms with E-state index in [0.29, 0.717) is 32.1 Å². The van der Waals surface area contributed by atoms with Gasteiger partial charge in [-0.1, -0.05) is 6.92 Å². The summed E-state index contributed by atoms with van der Waals surface area (Å²) in [6, 6.07) is 0. The highest BCUT2D eigenvalue weighted by molar-refractivity contribution is 6.35. The van der Waals surface area contributed by atoms with Gasteiger partial charge in [0, 0.05) is 33.3 Å². The Morgan fingerprint density at radius 3 is 2.82 bits per heavy atom. The molecule has 0 aromatic rings. The summed E-state index contributed by atoms with van der Waals surface area (Å²) in [7, 11) is 1.63. The Morgan fingerprint density at radius 2 is 2.24 bits per heavy atom. The minimum absolute atomic E-state index is 0.00927. The number of piperidine rings is 1. The molecule has 0 radical (unpaired) electrons. The second kappa shape index (κ2) is 6.56. The monoisotopic (exact) mass is 243 g/mol. The fraction of sp³-hybridized carbons (Fsp3) is 0.818. The third kappa shape index (κ3) is 3.67. The molecule has 0 aliphatic carbocycles. The number of rotatable bonds is 3. The lowest BCUT2D eigenvalue weighted by Gasteiger charge is -2.35. The van der Waals surface area contributed by atoms with E-state index in [9.17, 15) is 9.59 Å². The zero-order valence-electron chi connectivity index (χ0n) is 10.4. The van der Waals surface area contributed by atoms with Gasteiger partial charge in [-0.25, -0.2) is 0 Å². The second-order valence-electron chi connectivity index (χ2n) is 4.34. The van der Waals surface area contributed by atoms with E-state index in [2.05, 4.69) is 12.2 Å². The first-order valence-corrected chi connectivity index (χ1v) is 5.90. The van der Waals surface area contributed by atoms with Gasteiger partial charge in [-0.15, -0.1) is 0 Å². The molecule has 6 nitrogen and oxygen atoms in total. The number of nitrogens with one attached hydrogen (secondary N) is 1. The van der Waals surface area contributed by atoms with E-state index in [4.69, 9.17) is 10.5 Å². The molecule has 1 saturated heterocycles. The van der Waals surface area contributed by atoms with Gasteiger partial charge < -0.3 is 20.7 Å². The van der Waals surface area contributed by atoms with E-state index in [-0.39, 0.29) is 6.10 Å². The van der Waals surface area contributed by atoms with Crippen LogP contribution in [0.2, 0.25) is 0 Å². The van der Waals surface area contributed by atoms with Crippen molar-refractivity contribution in [2.75, 3.05) is 33.3 Å². The lowest BCUT2D eigenvalue weighted by molar-refractivity contribution is -0.149. The third-order valence-electron chi connectivity index (χ3n) is 3.10. The molecule has 98 valence electrons. The van der Waals surface area contributed by atoms with Gasteiger partial charge in [0.25, 0.3) is 0 Å². The highest BCUT2D eigenvalue weighted by atomic mass is 16.5. The van der Waals surface area contributed by atoms with Crippen molar-refractivity contribution in [2.24, 2.45) is 11.7 Å². The minimum Gasteiger partial charge on any atom is -0.379 e. The maximum absolute atomic E-state index is 11.8. The number of hydrogen-bond acceptors (Lipinski definition) is 4. The largest absolute Gasteiger partial charge is 0.379 e. The van der Waals surface area contributed by atoms with Crippen LogP contribution in [0, 0.1) is 5.92 Å². The Hall–Kier alpha value is -1.14. The molecular weight excluding hydrogens is 222 g/mol.